The number of nitrogens with one attached hydrogen (secondary N) is 1. The highest BCUT2D eigenvalue weighted by Gasteiger charge is 2.49. The van der Waals surface area contributed by atoms with Gasteiger partial charge in [0.2, 0.25) is 0 Å². The molecule has 0 radical (unpaired) electrons. The summed E-state index contributed by atoms with van der Waals surface area (Å²) in [6.45, 7) is 5.32. The molecule has 1 aromatic heterocycles. The van der Waals surface area contributed by atoms with Crippen LogP contribution in [0.5, 0.6) is 5.75 Å². The highest BCUT2D eigenvalue weighted by Crippen LogP contribution is 2.50. The van der Waals surface area contributed by atoms with Gasteiger partial charge in [0.15, 0.2) is 0 Å². The molecule has 2 aromatic carbocycles. The van der Waals surface area contributed by atoms with Gasteiger partial charge in [-0.25, -0.2) is 0 Å². The monoisotopic (exact) mass is 538 g/mol. The molecular formula is C30H33F3N4O2. The third-order valence-corrected chi connectivity index (χ3v) is 8.59. The van der Waals surface area contributed by atoms with E-state index >= 15 is 0 Å². The predicted molar refractivity (Wildman–Crippen MR) is 144 cm³/mol. The number of halogens is 3. The van der Waals surface area contributed by atoms with Gasteiger partial charge in [-0.05, 0) is 88.2 Å². The van der Waals surface area contributed by atoms with E-state index in [2.05, 4.69) is 22.2 Å². The smallest absolute Gasteiger partial charge is 0.395 e. The lowest BCUT2D eigenvalue weighted by molar-refractivity contribution is -0.180. The molecule has 6 rings (SSSR count). The zero-order valence-corrected chi connectivity index (χ0v) is 22.4. The third-order valence-electron chi connectivity index (χ3n) is 8.59. The van der Waals surface area contributed by atoms with Crippen molar-refractivity contribution in [3.05, 3.63) is 64.8 Å². The normalized spacial score (nSPS) is 20.9. The summed E-state index contributed by atoms with van der Waals surface area (Å²) >= 11 is 0. The van der Waals surface area contributed by atoms with Gasteiger partial charge in [-0.3, -0.25) is 14.7 Å². The van der Waals surface area contributed by atoms with Crippen LogP contribution in [0.4, 0.5) is 18.9 Å². The van der Waals surface area contributed by atoms with Gasteiger partial charge in [-0.1, -0.05) is 12.1 Å². The number of aryl methyl sites for hydroxylation is 2. The number of aromatic nitrogens is 1. The summed E-state index contributed by atoms with van der Waals surface area (Å²) in [5.41, 5.74) is 4.00. The maximum absolute atomic E-state index is 13.6. The quantitative estimate of drug-likeness (QED) is 0.440. The Kier molecular flexibility index (Phi) is 6.25. The summed E-state index contributed by atoms with van der Waals surface area (Å²) in [6, 6.07) is 13.7. The van der Waals surface area contributed by atoms with Gasteiger partial charge in [0.25, 0.3) is 5.91 Å². The molecule has 9 heteroatoms. The Balaban J connectivity index is 1.26. The van der Waals surface area contributed by atoms with Crippen LogP contribution in [0.15, 0.2) is 42.5 Å². The van der Waals surface area contributed by atoms with E-state index in [9.17, 15) is 18.0 Å². The lowest BCUT2D eigenvalue weighted by Crippen LogP contribution is -2.53. The van der Waals surface area contributed by atoms with Gasteiger partial charge in [0, 0.05) is 41.5 Å². The molecular weight excluding hydrogens is 505 g/mol. The van der Waals surface area contributed by atoms with Crippen molar-refractivity contribution >= 4 is 22.5 Å². The number of pyridine rings is 1. The largest absolute Gasteiger partial charge is 0.492 e. The maximum atomic E-state index is 13.6. The molecule has 206 valence electrons. The number of alkyl halides is 3. The predicted octanol–water partition coefficient (Wildman–Crippen LogP) is 5.35. The highest BCUT2D eigenvalue weighted by molar-refractivity contribution is 5.98. The van der Waals surface area contributed by atoms with E-state index in [1.165, 1.54) is 0 Å². The van der Waals surface area contributed by atoms with Crippen molar-refractivity contribution in [2.24, 2.45) is 5.92 Å². The molecule has 3 aliphatic rings. The fourth-order valence-electron chi connectivity index (χ4n) is 5.58. The number of carbonyl (C=O) groups excluding carboxylic acids is 1. The zero-order valence-electron chi connectivity index (χ0n) is 22.4. The van der Waals surface area contributed by atoms with Crippen molar-refractivity contribution in [2.75, 3.05) is 38.2 Å². The lowest BCUT2D eigenvalue weighted by atomic mass is 9.94. The summed E-state index contributed by atoms with van der Waals surface area (Å²) in [7, 11) is 2.08. The molecule has 3 heterocycles. The first-order valence-electron chi connectivity index (χ1n) is 13.5. The lowest BCUT2D eigenvalue weighted by Gasteiger charge is -2.42. The standard InChI is InChI=1S/C30H33F3N4O2/c1-18-4-6-23(39-17-21-8-11-36(21)3)14-25(18)28(38)35-29(9-10-29)26-12-22(37-15-20(16-37)30(31,32)33)13-27-24(26)7-5-19(2)34-27/h4-7,12-14,20-21H,8-11,15-17H2,1-3H3,(H,35,38)/t21-/m0/s1. The number of likely N-dealkylation sites (N-methyl/N-ethyl adjacent to an activating group) is 1. The molecule has 1 saturated carbocycles. The van der Waals surface area contributed by atoms with Gasteiger partial charge in [-0.2, -0.15) is 13.2 Å². The molecule has 2 aliphatic heterocycles. The third kappa shape index (κ3) is 4.93. The first-order valence-corrected chi connectivity index (χ1v) is 13.5. The Hall–Kier alpha value is -3.33. The summed E-state index contributed by atoms with van der Waals surface area (Å²) < 4.78 is 45.5. The molecule has 1 aliphatic carbocycles. The number of likely N-dealkylation sites (tertiary alicyclic amines) is 1. The molecule has 2 saturated heterocycles. The first kappa shape index (κ1) is 25.9. The number of amides is 1. The Bertz CT molecular complexity index is 1430. The van der Waals surface area contributed by atoms with Crippen LogP contribution in [-0.2, 0) is 5.54 Å². The average Bonchev–Trinajstić information content (AvgIpc) is 3.61. The van der Waals surface area contributed by atoms with Crippen LogP contribution in [0, 0.1) is 19.8 Å². The second kappa shape index (κ2) is 9.40. The minimum absolute atomic E-state index is 0.0672. The molecule has 1 amide bonds. The van der Waals surface area contributed by atoms with Crippen molar-refractivity contribution in [1.29, 1.82) is 0 Å². The van der Waals surface area contributed by atoms with Crippen molar-refractivity contribution in [3.8, 4) is 5.75 Å². The van der Waals surface area contributed by atoms with Crippen LogP contribution in [0.25, 0.3) is 10.9 Å². The molecule has 3 fully saturated rings. The molecule has 0 spiro atoms. The Morgan fingerprint density at radius 3 is 2.54 bits per heavy atom. The summed E-state index contributed by atoms with van der Waals surface area (Å²) in [5, 5.41) is 4.19. The highest BCUT2D eigenvalue weighted by atomic mass is 19.4. The maximum Gasteiger partial charge on any atom is 0.395 e. The van der Waals surface area contributed by atoms with E-state index in [1.54, 1.807) is 11.0 Å². The van der Waals surface area contributed by atoms with E-state index in [0.717, 1.165) is 53.5 Å². The molecule has 39 heavy (non-hydrogen) atoms. The summed E-state index contributed by atoms with van der Waals surface area (Å²) in [5.74, 6) is -0.838. The van der Waals surface area contributed by atoms with Gasteiger partial charge in [-0.15, -0.1) is 0 Å². The van der Waals surface area contributed by atoms with E-state index in [0.29, 0.717) is 29.6 Å². The van der Waals surface area contributed by atoms with Crippen LogP contribution in [0.2, 0.25) is 0 Å². The number of benzene rings is 2. The Labute approximate surface area is 226 Å². The number of hydrogen-bond donors (Lipinski definition) is 1. The molecule has 1 N–H and O–H groups in total. The molecule has 1 atom stereocenters. The summed E-state index contributed by atoms with van der Waals surface area (Å²) in [4.78, 5) is 22.3. The Morgan fingerprint density at radius 2 is 1.90 bits per heavy atom. The van der Waals surface area contributed by atoms with E-state index < -0.39 is 17.6 Å². The van der Waals surface area contributed by atoms with Crippen molar-refractivity contribution < 1.29 is 22.7 Å². The topological polar surface area (TPSA) is 57.7 Å². The van der Waals surface area contributed by atoms with Gasteiger partial charge >= 0.3 is 6.18 Å². The van der Waals surface area contributed by atoms with E-state index in [-0.39, 0.29) is 19.0 Å². The van der Waals surface area contributed by atoms with E-state index in [1.807, 2.05) is 50.2 Å². The van der Waals surface area contributed by atoms with Crippen molar-refractivity contribution in [2.45, 2.75) is 50.9 Å². The minimum Gasteiger partial charge on any atom is -0.492 e. The van der Waals surface area contributed by atoms with Crippen molar-refractivity contribution in [1.82, 2.24) is 15.2 Å². The number of carbonyl (C=O) groups is 1. The van der Waals surface area contributed by atoms with Crippen LogP contribution in [0.3, 0.4) is 0 Å². The van der Waals surface area contributed by atoms with Gasteiger partial charge < -0.3 is 15.0 Å². The number of ether oxygens (including phenoxy) is 1. The number of hydrogen-bond acceptors (Lipinski definition) is 5. The molecule has 3 aromatic rings. The van der Waals surface area contributed by atoms with Gasteiger partial charge in [0.05, 0.1) is 17.0 Å². The molecule has 0 unspecified atom stereocenters. The Morgan fingerprint density at radius 1 is 1.13 bits per heavy atom. The van der Waals surface area contributed by atoms with E-state index in [4.69, 9.17) is 4.74 Å². The summed E-state index contributed by atoms with van der Waals surface area (Å²) in [6.07, 6.45) is -1.59. The van der Waals surface area contributed by atoms with Crippen molar-refractivity contribution in [3.63, 3.8) is 0 Å². The van der Waals surface area contributed by atoms with Crippen LogP contribution >= 0.6 is 0 Å². The SMILES string of the molecule is Cc1ccc2c(C3(NC(=O)c4cc(OC[C@@H]5CCN5C)ccc4C)CC3)cc(N3CC(C(F)(F)F)C3)cc2n1. The molecule has 0 bridgehead atoms. The van der Waals surface area contributed by atoms with Crippen LogP contribution < -0.4 is 15.0 Å². The number of rotatable bonds is 7. The average molecular weight is 539 g/mol. The number of anilines is 1. The van der Waals surface area contributed by atoms with Gasteiger partial charge in [0.1, 0.15) is 12.4 Å². The fourth-order valence-corrected chi connectivity index (χ4v) is 5.58. The minimum atomic E-state index is -4.19. The molecule has 6 nitrogen and oxygen atoms in total. The van der Waals surface area contributed by atoms with Crippen LogP contribution in [-0.4, -0.2) is 61.3 Å². The fraction of sp³-hybridized carbons (Fsp3) is 0.467. The second-order valence-electron chi connectivity index (χ2n) is 11.4. The zero-order chi connectivity index (χ0) is 27.5. The van der Waals surface area contributed by atoms with Crippen LogP contribution in [0.1, 0.15) is 46.4 Å². The number of nitrogens with zero attached hydrogens (tertiary/aromatic N) is 3. The number of fused-ring (bicyclic) bond motifs is 1. The second-order valence-corrected chi connectivity index (χ2v) is 11.4. The first-order chi connectivity index (χ1) is 18.5.